The van der Waals surface area contributed by atoms with Crippen LogP contribution in [-0.2, 0) is 21.4 Å². The lowest BCUT2D eigenvalue weighted by atomic mass is 10.2. The van der Waals surface area contributed by atoms with Gasteiger partial charge in [-0.2, -0.15) is 0 Å². The standard InChI is InChI=1S/C20H20BrFN2O3S/c1-3-12-24(14-16-13-17(21)7-10-19(16)22)20(25)11-6-15-4-8-18(9-5-15)28(26,27)23-2/h3-11,13,23H,1,12,14H2,2H3/b11-6+. The molecule has 0 aliphatic rings. The third kappa shape index (κ3) is 5.85. The van der Waals surface area contributed by atoms with Gasteiger partial charge in [-0.25, -0.2) is 17.5 Å². The third-order valence-corrected chi connectivity index (χ3v) is 5.83. The van der Waals surface area contributed by atoms with Gasteiger partial charge in [0.2, 0.25) is 15.9 Å². The van der Waals surface area contributed by atoms with Crippen molar-refractivity contribution in [2.24, 2.45) is 0 Å². The number of benzene rings is 2. The number of amides is 1. The van der Waals surface area contributed by atoms with Crippen molar-refractivity contribution in [2.45, 2.75) is 11.4 Å². The van der Waals surface area contributed by atoms with Crippen molar-refractivity contribution in [1.29, 1.82) is 0 Å². The van der Waals surface area contributed by atoms with Crippen molar-refractivity contribution < 1.29 is 17.6 Å². The first kappa shape index (κ1) is 22.0. The molecular weight excluding hydrogens is 447 g/mol. The molecule has 28 heavy (non-hydrogen) atoms. The summed E-state index contributed by atoms with van der Waals surface area (Å²) in [6.45, 7) is 4.00. The fourth-order valence-corrected chi connectivity index (χ4v) is 3.55. The minimum absolute atomic E-state index is 0.0970. The molecule has 0 heterocycles. The Bertz CT molecular complexity index is 989. The van der Waals surface area contributed by atoms with Crippen molar-refractivity contribution in [3.8, 4) is 0 Å². The number of nitrogens with zero attached hydrogens (tertiary/aromatic N) is 1. The predicted molar refractivity (Wildman–Crippen MR) is 111 cm³/mol. The molecule has 0 fully saturated rings. The van der Waals surface area contributed by atoms with E-state index in [2.05, 4.69) is 27.2 Å². The number of carbonyl (C=O) groups is 1. The number of hydrogen-bond donors (Lipinski definition) is 1. The van der Waals surface area contributed by atoms with Gasteiger partial charge < -0.3 is 4.90 Å². The number of rotatable bonds is 8. The normalized spacial score (nSPS) is 11.5. The Morgan fingerprint density at radius 3 is 2.54 bits per heavy atom. The predicted octanol–water partition coefficient (Wildman–Crippen LogP) is 3.72. The van der Waals surface area contributed by atoms with Crippen LogP contribution in [0.15, 0.2) is 70.6 Å². The number of halogens is 2. The molecule has 1 N–H and O–H groups in total. The molecule has 0 saturated heterocycles. The van der Waals surface area contributed by atoms with Crippen LogP contribution in [-0.4, -0.2) is 32.8 Å². The highest BCUT2D eigenvalue weighted by Crippen LogP contribution is 2.18. The van der Waals surface area contributed by atoms with Gasteiger partial charge in [0.15, 0.2) is 0 Å². The summed E-state index contributed by atoms with van der Waals surface area (Å²) in [6, 6.07) is 10.7. The van der Waals surface area contributed by atoms with Crippen molar-refractivity contribution in [3.05, 3.63) is 82.6 Å². The van der Waals surface area contributed by atoms with Crippen molar-refractivity contribution in [3.63, 3.8) is 0 Å². The summed E-state index contributed by atoms with van der Waals surface area (Å²) in [7, 11) is -2.17. The molecule has 8 heteroatoms. The second kappa shape index (κ2) is 9.77. The summed E-state index contributed by atoms with van der Waals surface area (Å²) >= 11 is 3.30. The summed E-state index contributed by atoms with van der Waals surface area (Å²) in [5.74, 6) is -0.707. The van der Waals surface area contributed by atoms with Gasteiger partial charge in [0.1, 0.15) is 5.82 Å². The Hall–Kier alpha value is -2.29. The first-order valence-electron chi connectivity index (χ1n) is 8.32. The van der Waals surface area contributed by atoms with E-state index in [4.69, 9.17) is 0 Å². The van der Waals surface area contributed by atoms with Gasteiger partial charge in [0.05, 0.1) is 4.90 Å². The zero-order chi connectivity index (χ0) is 20.7. The highest BCUT2D eigenvalue weighted by atomic mass is 79.9. The lowest BCUT2D eigenvalue weighted by Gasteiger charge is -2.20. The van der Waals surface area contributed by atoms with Crippen molar-refractivity contribution in [2.75, 3.05) is 13.6 Å². The molecule has 0 saturated carbocycles. The SMILES string of the molecule is C=CCN(Cc1cc(Br)ccc1F)C(=O)/C=C/c1ccc(S(=O)(=O)NC)cc1. The maximum absolute atomic E-state index is 14.0. The van der Waals surface area contributed by atoms with Gasteiger partial charge in [0.25, 0.3) is 0 Å². The van der Waals surface area contributed by atoms with E-state index < -0.39 is 15.8 Å². The average molecular weight is 467 g/mol. The van der Waals surface area contributed by atoms with E-state index in [9.17, 15) is 17.6 Å². The minimum Gasteiger partial charge on any atom is -0.331 e. The lowest BCUT2D eigenvalue weighted by molar-refractivity contribution is -0.126. The monoisotopic (exact) mass is 466 g/mol. The van der Waals surface area contributed by atoms with Crippen molar-refractivity contribution in [1.82, 2.24) is 9.62 Å². The lowest BCUT2D eigenvalue weighted by Crippen LogP contribution is -2.29. The highest BCUT2D eigenvalue weighted by Gasteiger charge is 2.13. The maximum atomic E-state index is 14.0. The van der Waals surface area contributed by atoms with Crippen LogP contribution < -0.4 is 4.72 Å². The topological polar surface area (TPSA) is 66.5 Å². The fraction of sp³-hybridized carbons (Fsp3) is 0.150. The Balaban J connectivity index is 2.15. The molecule has 148 valence electrons. The first-order valence-corrected chi connectivity index (χ1v) is 10.6. The first-order chi connectivity index (χ1) is 13.3. The maximum Gasteiger partial charge on any atom is 0.247 e. The van der Waals surface area contributed by atoms with Gasteiger partial charge in [0, 0.05) is 29.2 Å². The molecule has 2 aromatic rings. The molecule has 0 unspecified atom stereocenters. The highest BCUT2D eigenvalue weighted by molar-refractivity contribution is 9.10. The molecule has 0 spiro atoms. The second-order valence-electron chi connectivity index (χ2n) is 5.85. The molecule has 2 rings (SSSR count). The summed E-state index contributed by atoms with van der Waals surface area (Å²) < 4.78 is 40.4. The Morgan fingerprint density at radius 1 is 1.25 bits per heavy atom. The van der Waals surface area contributed by atoms with E-state index in [1.54, 1.807) is 36.4 Å². The van der Waals surface area contributed by atoms with Gasteiger partial charge in [-0.15, -0.1) is 6.58 Å². The average Bonchev–Trinajstić information content (AvgIpc) is 2.68. The van der Waals surface area contributed by atoms with Crippen LogP contribution >= 0.6 is 15.9 Å². The molecule has 0 bridgehead atoms. The summed E-state index contributed by atoms with van der Waals surface area (Å²) in [5.41, 5.74) is 1.05. The molecule has 0 aromatic heterocycles. The Morgan fingerprint density at radius 2 is 1.93 bits per heavy atom. The van der Waals surface area contributed by atoms with Crippen molar-refractivity contribution >= 4 is 37.9 Å². The third-order valence-electron chi connectivity index (χ3n) is 3.91. The van der Waals surface area contributed by atoms with E-state index in [1.807, 2.05) is 0 Å². The Labute approximate surface area is 172 Å². The molecule has 0 atom stereocenters. The molecule has 0 radical (unpaired) electrons. The molecule has 5 nitrogen and oxygen atoms in total. The van der Waals surface area contributed by atoms with Crippen LogP contribution in [0.4, 0.5) is 4.39 Å². The molecule has 1 amide bonds. The minimum atomic E-state index is -3.51. The zero-order valence-electron chi connectivity index (χ0n) is 15.2. The van der Waals surface area contributed by atoms with Gasteiger partial charge in [-0.3, -0.25) is 4.79 Å². The van der Waals surface area contributed by atoms with Crippen LogP contribution in [0.3, 0.4) is 0 Å². The van der Waals surface area contributed by atoms with Crippen LogP contribution in [0.25, 0.3) is 6.08 Å². The largest absolute Gasteiger partial charge is 0.331 e. The summed E-state index contributed by atoms with van der Waals surface area (Å²) in [6.07, 6.45) is 4.51. The van der Waals surface area contributed by atoms with Crippen LogP contribution in [0.2, 0.25) is 0 Å². The smallest absolute Gasteiger partial charge is 0.247 e. The Kier molecular flexibility index (Phi) is 7.68. The van der Waals surface area contributed by atoms with Gasteiger partial charge in [-0.05, 0) is 49.0 Å². The van der Waals surface area contributed by atoms with E-state index in [0.717, 1.165) is 4.47 Å². The van der Waals surface area contributed by atoms with Gasteiger partial charge >= 0.3 is 0 Å². The van der Waals surface area contributed by atoms with E-state index in [1.165, 1.54) is 36.2 Å². The molecule has 0 aliphatic carbocycles. The van der Waals surface area contributed by atoms with E-state index >= 15 is 0 Å². The summed E-state index contributed by atoms with van der Waals surface area (Å²) in [4.78, 5) is 14.1. The molecule has 2 aromatic carbocycles. The number of hydrogen-bond acceptors (Lipinski definition) is 3. The number of sulfonamides is 1. The van der Waals surface area contributed by atoms with E-state index in [-0.39, 0.29) is 23.9 Å². The number of nitrogens with one attached hydrogen (secondary N) is 1. The zero-order valence-corrected chi connectivity index (χ0v) is 17.6. The number of carbonyl (C=O) groups excluding carboxylic acids is 1. The van der Waals surface area contributed by atoms with Crippen LogP contribution in [0.5, 0.6) is 0 Å². The summed E-state index contributed by atoms with van der Waals surface area (Å²) in [5, 5.41) is 0. The second-order valence-corrected chi connectivity index (χ2v) is 8.66. The molecular formula is C20H20BrFN2O3S. The van der Waals surface area contributed by atoms with Crippen LogP contribution in [0.1, 0.15) is 11.1 Å². The van der Waals surface area contributed by atoms with E-state index in [0.29, 0.717) is 11.1 Å². The molecule has 0 aliphatic heterocycles. The quantitative estimate of drug-likeness (QED) is 0.476. The van der Waals surface area contributed by atoms with Gasteiger partial charge in [-0.1, -0.05) is 34.1 Å². The van der Waals surface area contributed by atoms with Crippen LogP contribution in [0, 0.1) is 5.82 Å². The fourth-order valence-electron chi connectivity index (χ4n) is 2.41.